The first-order valence-electron chi connectivity index (χ1n) is 9.26. The highest BCUT2D eigenvalue weighted by Gasteiger charge is 2.32. The lowest BCUT2D eigenvalue weighted by Crippen LogP contribution is -2.55. The van der Waals surface area contributed by atoms with Gasteiger partial charge in [0, 0.05) is 6.42 Å². The lowest BCUT2D eigenvalue weighted by molar-refractivity contribution is -0.159. The highest BCUT2D eigenvalue weighted by Crippen LogP contribution is 2.13. The van der Waals surface area contributed by atoms with E-state index in [2.05, 4.69) is 10.6 Å². The van der Waals surface area contributed by atoms with Gasteiger partial charge in [-0.1, -0.05) is 13.8 Å². The van der Waals surface area contributed by atoms with Crippen molar-refractivity contribution in [2.24, 2.45) is 5.92 Å². The molecule has 3 N–H and O–H groups in total. The summed E-state index contributed by atoms with van der Waals surface area (Å²) in [6.45, 7) is 13.5. The van der Waals surface area contributed by atoms with Crippen LogP contribution in [0.2, 0.25) is 0 Å². The number of carbonyl (C=O) groups is 4. The first-order chi connectivity index (χ1) is 12.5. The van der Waals surface area contributed by atoms with E-state index in [9.17, 15) is 19.2 Å². The zero-order valence-corrected chi connectivity index (χ0v) is 18.0. The molecule has 0 aromatic carbocycles. The summed E-state index contributed by atoms with van der Waals surface area (Å²) in [5.74, 6) is -2.76. The highest BCUT2D eigenvalue weighted by molar-refractivity contribution is 5.90. The Kier molecular flexibility index (Phi) is 9.43. The minimum absolute atomic E-state index is 0.132. The van der Waals surface area contributed by atoms with E-state index < -0.39 is 47.2 Å². The van der Waals surface area contributed by atoms with E-state index in [-0.39, 0.29) is 18.8 Å². The highest BCUT2D eigenvalue weighted by atomic mass is 16.6. The molecule has 0 spiro atoms. The van der Waals surface area contributed by atoms with Crippen LogP contribution in [0.3, 0.4) is 0 Å². The third-order valence-corrected chi connectivity index (χ3v) is 3.28. The van der Waals surface area contributed by atoms with E-state index in [0.717, 1.165) is 0 Å². The fourth-order valence-corrected chi connectivity index (χ4v) is 2.12. The van der Waals surface area contributed by atoms with Crippen LogP contribution in [0.5, 0.6) is 0 Å². The number of carboxylic acid groups (broad SMARTS) is 1. The molecule has 0 unspecified atom stereocenters. The number of ether oxygens (including phenoxy) is 2. The average molecular weight is 402 g/mol. The quantitative estimate of drug-likeness (QED) is 0.531. The van der Waals surface area contributed by atoms with Gasteiger partial charge in [-0.2, -0.15) is 0 Å². The lowest BCUT2D eigenvalue weighted by Gasteiger charge is -2.28. The predicted molar refractivity (Wildman–Crippen MR) is 103 cm³/mol. The van der Waals surface area contributed by atoms with E-state index >= 15 is 0 Å². The molecule has 0 aliphatic heterocycles. The Bertz CT molecular complexity index is 574. The van der Waals surface area contributed by atoms with Gasteiger partial charge >= 0.3 is 18.0 Å². The van der Waals surface area contributed by atoms with Crippen LogP contribution in [0.15, 0.2) is 0 Å². The first-order valence-corrected chi connectivity index (χ1v) is 9.26. The van der Waals surface area contributed by atoms with Gasteiger partial charge in [0.05, 0.1) is 0 Å². The largest absolute Gasteiger partial charge is 0.481 e. The minimum Gasteiger partial charge on any atom is -0.481 e. The van der Waals surface area contributed by atoms with Crippen molar-refractivity contribution in [1.82, 2.24) is 10.6 Å². The zero-order chi connectivity index (χ0) is 22.3. The van der Waals surface area contributed by atoms with Crippen LogP contribution in [0.1, 0.15) is 68.2 Å². The van der Waals surface area contributed by atoms with Crippen molar-refractivity contribution in [2.45, 2.75) is 91.5 Å². The molecule has 0 aromatic heterocycles. The second kappa shape index (κ2) is 10.3. The van der Waals surface area contributed by atoms with Gasteiger partial charge in [-0.05, 0) is 53.9 Å². The molecule has 0 heterocycles. The van der Waals surface area contributed by atoms with E-state index in [4.69, 9.17) is 14.6 Å². The van der Waals surface area contributed by atoms with Crippen molar-refractivity contribution in [3.05, 3.63) is 0 Å². The summed E-state index contributed by atoms with van der Waals surface area (Å²) in [6.07, 6.45) is -1.22. The number of hydrogen-bond donors (Lipinski definition) is 3. The number of aliphatic carboxylic acids is 1. The molecule has 0 rings (SSSR count). The van der Waals surface area contributed by atoms with Gasteiger partial charge in [0.1, 0.15) is 23.3 Å². The number of nitrogens with one attached hydrogen (secondary N) is 2. The Labute approximate surface area is 166 Å². The average Bonchev–Trinajstić information content (AvgIpc) is 2.44. The summed E-state index contributed by atoms with van der Waals surface area (Å²) in [5.41, 5.74) is -1.53. The summed E-state index contributed by atoms with van der Waals surface area (Å²) in [7, 11) is 0. The molecule has 0 saturated heterocycles. The molecule has 0 fully saturated rings. The van der Waals surface area contributed by atoms with Gasteiger partial charge in [0.25, 0.3) is 0 Å². The van der Waals surface area contributed by atoms with Crippen LogP contribution in [0.4, 0.5) is 4.79 Å². The maximum absolute atomic E-state index is 12.7. The minimum atomic E-state index is -1.15. The van der Waals surface area contributed by atoms with E-state index in [0.29, 0.717) is 0 Å². The summed E-state index contributed by atoms with van der Waals surface area (Å²) in [5, 5.41) is 13.9. The molecule has 0 radical (unpaired) electrons. The summed E-state index contributed by atoms with van der Waals surface area (Å²) in [6, 6.07) is -2.12. The van der Waals surface area contributed by atoms with E-state index in [1.807, 2.05) is 0 Å². The number of carboxylic acids is 1. The van der Waals surface area contributed by atoms with Crippen molar-refractivity contribution in [3.8, 4) is 0 Å². The van der Waals surface area contributed by atoms with E-state index in [1.54, 1.807) is 55.4 Å². The molecular formula is C19H34N2O7. The molecule has 0 aliphatic rings. The van der Waals surface area contributed by atoms with Crippen LogP contribution in [-0.4, -0.2) is 52.3 Å². The molecule has 0 bridgehead atoms. The number of rotatable bonds is 8. The van der Waals surface area contributed by atoms with Crippen LogP contribution >= 0.6 is 0 Å². The van der Waals surface area contributed by atoms with E-state index in [1.165, 1.54) is 0 Å². The fourth-order valence-electron chi connectivity index (χ4n) is 2.12. The third-order valence-electron chi connectivity index (χ3n) is 3.28. The molecule has 162 valence electrons. The second-order valence-electron chi connectivity index (χ2n) is 8.89. The van der Waals surface area contributed by atoms with Gasteiger partial charge in [-0.15, -0.1) is 0 Å². The number of esters is 1. The molecule has 0 aliphatic carbocycles. The molecular weight excluding hydrogens is 368 g/mol. The van der Waals surface area contributed by atoms with Crippen molar-refractivity contribution in [2.75, 3.05) is 0 Å². The van der Waals surface area contributed by atoms with Gasteiger partial charge in [-0.25, -0.2) is 9.59 Å². The molecule has 9 heteroatoms. The Hall–Kier alpha value is -2.32. The molecule has 28 heavy (non-hydrogen) atoms. The molecule has 2 atom stereocenters. The van der Waals surface area contributed by atoms with Crippen molar-refractivity contribution < 1.29 is 33.8 Å². The number of alkyl carbamates (subject to hydrolysis) is 1. The van der Waals surface area contributed by atoms with Crippen molar-refractivity contribution in [1.29, 1.82) is 0 Å². The maximum atomic E-state index is 12.7. The zero-order valence-electron chi connectivity index (χ0n) is 18.0. The maximum Gasteiger partial charge on any atom is 0.408 e. The summed E-state index contributed by atoms with van der Waals surface area (Å²) < 4.78 is 10.4. The SMILES string of the molecule is CC(C)[C@H](NC(=O)OC(C)(C)C)C(=O)N[C@@H](CCC(=O)O)C(=O)OC(C)(C)C. The van der Waals surface area contributed by atoms with Crippen molar-refractivity contribution in [3.63, 3.8) is 0 Å². The molecule has 9 nitrogen and oxygen atoms in total. The molecule has 0 saturated carbocycles. The fraction of sp³-hybridized carbons (Fsp3) is 0.789. The number of amides is 2. The van der Waals surface area contributed by atoms with Crippen molar-refractivity contribution >= 4 is 23.9 Å². The topological polar surface area (TPSA) is 131 Å². The third kappa shape index (κ3) is 11.4. The Balaban J connectivity index is 5.26. The number of carbonyl (C=O) groups excluding carboxylic acids is 3. The Morgan fingerprint density at radius 2 is 1.39 bits per heavy atom. The van der Waals surface area contributed by atoms with Gasteiger partial charge in [0.2, 0.25) is 5.91 Å². The van der Waals surface area contributed by atoms with Crippen LogP contribution in [0, 0.1) is 5.92 Å². The van der Waals surface area contributed by atoms with Crippen LogP contribution in [-0.2, 0) is 23.9 Å². The first kappa shape index (κ1) is 25.7. The second-order valence-corrected chi connectivity index (χ2v) is 8.89. The Morgan fingerprint density at radius 1 is 0.893 bits per heavy atom. The van der Waals surface area contributed by atoms with Gasteiger partial charge in [-0.3, -0.25) is 9.59 Å². The lowest BCUT2D eigenvalue weighted by atomic mass is 10.0. The standard InChI is InChI=1S/C19H34N2O7/c1-11(2)14(21-17(26)28-19(6,7)8)15(24)20-12(9-10-13(22)23)16(25)27-18(3,4)5/h11-12,14H,9-10H2,1-8H3,(H,20,24)(H,21,26)(H,22,23)/t12-,14-/m0/s1. The van der Waals surface area contributed by atoms with Gasteiger partial charge < -0.3 is 25.2 Å². The van der Waals surface area contributed by atoms with Crippen LogP contribution in [0.25, 0.3) is 0 Å². The van der Waals surface area contributed by atoms with Gasteiger partial charge in [0.15, 0.2) is 0 Å². The van der Waals surface area contributed by atoms with Crippen LogP contribution < -0.4 is 10.6 Å². The Morgan fingerprint density at radius 3 is 1.79 bits per heavy atom. The normalized spacial score (nSPS) is 14.0. The smallest absolute Gasteiger partial charge is 0.408 e. The number of hydrogen-bond acceptors (Lipinski definition) is 6. The summed E-state index contributed by atoms with van der Waals surface area (Å²) >= 11 is 0. The predicted octanol–water partition coefficient (Wildman–Crippen LogP) is 2.23. The molecule has 0 aromatic rings. The summed E-state index contributed by atoms with van der Waals surface area (Å²) in [4.78, 5) is 47.9. The molecule has 2 amide bonds. The monoisotopic (exact) mass is 402 g/mol.